The molecule has 2 heterocycles. The van der Waals surface area contributed by atoms with E-state index >= 15 is 0 Å². The highest BCUT2D eigenvalue weighted by Crippen LogP contribution is 2.16. The van der Waals surface area contributed by atoms with Crippen molar-refractivity contribution in [3.05, 3.63) is 52.0 Å². The second-order valence-electron chi connectivity index (χ2n) is 3.75. The Hall–Kier alpha value is -2.05. The van der Waals surface area contributed by atoms with Crippen LogP contribution in [-0.2, 0) is 0 Å². The molecule has 3 rings (SSSR count). The van der Waals surface area contributed by atoms with Gasteiger partial charge in [0.15, 0.2) is 5.58 Å². The lowest BCUT2D eigenvalue weighted by atomic mass is 10.2. The third-order valence-corrected chi connectivity index (χ3v) is 3.06. The van der Waals surface area contributed by atoms with Gasteiger partial charge in [0.2, 0.25) is 0 Å². The maximum absolute atomic E-state index is 5.54. The van der Waals surface area contributed by atoms with E-state index < -0.39 is 0 Å². The maximum Gasteiger partial charge on any atom is 0.274 e. The molecule has 0 N–H and O–H groups in total. The van der Waals surface area contributed by atoms with Gasteiger partial charge in [-0.05, 0) is 42.0 Å². The molecule has 0 aliphatic carbocycles. The van der Waals surface area contributed by atoms with Gasteiger partial charge in [0.25, 0.3) is 5.89 Å². The summed E-state index contributed by atoms with van der Waals surface area (Å²) in [7, 11) is 0. The van der Waals surface area contributed by atoms with Gasteiger partial charge in [-0.1, -0.05) is 12.0 Å². The Morgan fingerprint density at radius 2 is 2.18 bits per heavy atom. The Bertz CT molecular complexity index is 714. The first-order valence-electron chi connectivity index (χ1n) is 5.23. The topological polar surface area (TPSA) is 26.0 Å². The third kappa shape index (κ3) is 2.08. The number of aryl methyl sites for hydroxylation is 1. The van der Waals surface area contributed by atoms with E-state index in [0.717, 1.165) is 16.7 Å². The van der Waals surface area contributed by atoms with Crippen LogP contribution in [0.3, 0.4) is 0 Å². The quantitative estimate of drug-likeness (QED) is 0.560. The van der Waals surface area contributed by atoms with Crippen LogP contribution < -0.4 is 0 Å². The molecule has 0 atom stereocenters. The van der Waals surface area contributed by atoms with Gasteiger partial charge in [-0.25, -0.2) is 4.98 Å². The largest absolute Gasteiger partial charge is 0.430 e. The van der Waals surface area contributed by atoms with Crippen molar-refractivity contribution < 1.29 is 4.42 Å². The van der Waals surface area contributed by atoms with Gasteiger partial charge in [0.1, 0.15) is 5.52 Å². The summed E-state index contributed by atoms with van der Waals surface area (Å²) in [6, 6.07) is 7.90. The van der Waals surface area contributed by atoms with Crippen LogP contribution in [0.4, 0.5) is 0 Å². The highest BCUT2D eigenvalue weighted by molar-refractivity contribution is 7.08. The zero-order valence-electron chi connectivity index (χ0n) is 9.23. The van der Waals surface area contributed by atoms with Gasteiger partial charge in [-0.15, -0.1) is 0 Å². The van der Waals surface area contributed by atoms with E-state index in [4.69, 9.17) is 4.42 Å². The van der Waals surface area contributed by atoms with E-state index in [1.54, 1.807) is 11.3 Å². The number of rotatable bonds is 0. The zero-order chi connectivity index (χ0) is 11.7. The fourth-order valence-corrected chi connectivity index (χ4v) is 2.14. The summed E-state index contributed by atoms with van der Waals surface area (Å²) in [5, 5.41) is 4.00. The fraction of sp³-hybridized carbons (Fsp3) is 0.0714. The lowest BCUT2D eigenvalue weighted by molar-refractivity contribution is 0.586. The Morgan fingerprint density at radius 1 is 1.24 bits per heavy atom. The summed E-state index contributed by atoms with van der Waals surface area (Å²) in [6.07, 6.45) is 0. The predicted molar refractivity (Wildman–Crippen MR) is 69.0 cm³/mol. The molecule has 17 heavy (non-hydrogen) atoms. The van der Waals surface area contributed by atoms with Crippen molar-refractivity contribution in [2.24, 2.45) is 0 Å². The van der Waals surface area contributed by atoms with Gasteiger partial charge in [-0.2, -0.15) is 11.3 Å². The second kappa shape index (κ2) is 4.08. The highest BCUT2D eigenvalue weighted by atomic mass is 32.1. The second-order valence-corrected chi connectivity index (χ2v) is 4.53. The molecule has 3 heteroatoms. The first-order valence-corrected chi connectivity index (χ1v) is 6.17. The van der Waals surface area contributed by atoms with Crippen LogP contribution in [0.2, 0.25) is 0 Å². The van der Waals surface area contributed by atoms with E-state index in [9.17, 15) is 0 Å². The van der Waals surface area contributed by atoms with Crippen molar-refractivity contribution in [3.63, 3.8) is 0 Å². The minimum atomic E-state index is 0.469. The normalized spacial score (nSPS) is 10.2. The molecule has 0 spiro atoms. The van der Waals surface area contributed by atoms with Gasteiger partial charge >= 0.3 is 0 Å². The lowest BCUT2D eigenvalue weighted by Gasteiger charge is -1.87. The smallest absolute Gasteiger partial charge is 0.274 e. The zero-order valence-corrected chi connectivity index (χ0v) is 10.0. The van der Waals surface area contributed by atoms with Crippen LogP contribution in [0.5, 0.6) is 0 Å². The molecule has 0 unspecified atom stereocenters. The van der Waals surface area contributed by atoms with Crippen molar-refractivity contribution in [3.8, 4) is 11.8 Å². The Morgan fingerprint density at radius 3 is 3.00 bits per heavy atom. The number of aromatic nitrogens is 1. The SMILES string of the molecule is Cc1ccc2oc(C#Cc3ccsc3)nc2c1. The number of thiophene rings is 1. The van der Waals surface area contributed by atoms with Crippen molar-refractivity contribution in [1.29, 1.82) is 0 Å². The molecular formula is C14H9NOS. The van der Waals surface area contributed by atoms with Crippen LogP contribution in [-0.4, -0.2) is 4.98 Å². The Labute approximate surface area is 103 Å². The molecule has 0 aliphatic rings. The number of hydrogen-bond acceptors (Lipinski definition) is 3. The summed E-state index contributed by atoms with van der Waals surface area (Å²) < 4.78 is 5.54. The summed E-state index contributed by atoms with van der Waals surface area (Å²) in [6.45, 7) is 2.03. The molecule has 0 fully saturated rings. The van der Waals surface area contributed by atoms with Gasteiger partial charge in [0.05, 0.1) is 0 Å². The van der Waals surface area contributed by atoms with Crippen LogP contribution in [0.25, 0.3) is 11.1 Å². The number of hydrogen-bond donors (Lipinski definition) is 0. The Balaban J connectivity index is 2.01. The predicted octanol–water partition coefficient (Wildman–Crippen LogP) is 3.60. The van der Waals surface area contributed by atoms with E-state index in [-0.39, 0.29) is 0 Å². The number of fused-ring (bicyclic) bond motifs is 1. The van der Waals surface area contributed by atoms with E-state index in [0.29, 0.717) is 5.89 Å². The number of oxazole rings is 1. The molecular weight excluding hydrogens is 230 g/mol. The summed E-state index contributed by atoms with van der Waals surface area (Å²) in [4.78, 5) is 4.34. The molecule has 0 bridgehead atoms. The molecule has 0 saturated carbocycles. The average molecular weight is 239 g/mol. The van der Waals surface area contributed by atoms with Crippen LogP contribution >= 0.6 is 11.3 Å². The molecule has 0 amide bonds. The van der Waals surface area contributed by atoms with Gasteiger partial charge < -0.3 is 4.42 Å². The third-order valence-electron chi connectivity index (χ3n) is 2.38. The van der Waals surface area contributed by atoms with Gasteiger partial charge in [0, 0.05) is 10.9 Å². The van der Waals surface area contributed by atoms with Crippen molar-refractivity contribution in [1.82, 2.24) is 4.98 Å². The molecule has 82 valence electrons. The van der Waals surface area contributed by atoms with Crippen molar-refractivity contribution >= 4 is 22.4 Å². The molecule has 0 saturated heterocycles. The minimum absolute atomic E-state index is 0.469. The maximum atomic E-state index is 5.54. The molecule has 0 aliphatic heterocycles. The van der Waals surface area contributed by atoms with E-state index in [1.807, 2.05) is 41.9 Å². The Kier molecular flexibility index (Phi) is 2.43. The molecule has 2 aromatic heterocycles. The van der Waals surface area contributed by atoms with E-state index in [2.05, 4.69) is 16.8 Å². The number of benzene rings is 1. The molecule has 0 radical (unpaired) electrons. The summed E-state index contributed by atoms with van der Waals surface area (Å²) >= 11 is 1.63. The lowest BCUT2D eigenvalue weighted by Crippen LogP contribution is -1.73. The molecule has 3 aromatic rings. The first kappa shape index (κ1) is 10.1. The first-order chi connectivity index (χ1) is 8.31. The average Bonchev–Trinajstić information content (AvgIpc) is 2.94. The van der Waals surface area contributed by atoms with Crippen LogP contribution in [0, 0.1) is 18.8 Å². The number of nitrogens with zero attached hydrogens (tertiary/aromatic N) is 1. The van der Waals surface area contributed by atoms with Crippen LogP contribution in [0.1, 0.15) is 17.0 Å². The minimum Gasteiger partial charge on any atom is -0.430 e. The standard InChI is InChI=1S/C14H9NOS/c1-10-2-4-13-12(8-10)15-14(16-13)5-3-11-6-7-17-9-11/h2,4,6-9H,1H3. The van der Waals surface area contributed by atoms with Crippen molar-refractivity contribution in [2.45, 2.75) is 6.92 Å². The molecule has 1 aromatic carbocycles. The van der Waals surface area contributed by atoms with Gasteiger partial charge in [-0.3, -0.25) is 0 Å². The summed E-state index contributed by atoms with van der Waals surface area (Å²) in [5.41, 5.74) is 3.81. The molecule has 2 nitrogen and oxygen atoms in total. The van der Waals surface area contributed by atoms with Crippen LogP contribution in [0.15, 0.2) is 39.4 Å². The summed E-state index contributed by atoms with van der Waals surface area (Å²) in [5.74, 6) is 6.42. The van der Waals surface area contributed by atoms with E-state index in [1.165, 1.54) is 5.56 Å². The highest BCUT2D eigenvalue weighted by Gasteiger charge is 2.02. The fourth-order valence-electron chi connectivity index (χ4n) is 1.55. The monoisotopic (exact) mass is 239 g/mol. The van der Waals surface area contributed by atoms with Crippen molar-refractivity contribution in [2.75, 3.05) is 0 Å².